The van der Waals surface area contributed by atoms with Gasteiger partial charge >= 0.3 is 0 Å². The first-order valence-corrected chi connectivity index (χ1v) is 10.3. The van der Waals surface area contributed by atoms with Crippen molar-refractivity contribution in [3.05, 3.63) is 90.3 Å². The molecule has 29 heavy (non-hydrogen) atoms. The van der Waals surface area contributed by atoms with Crippen LogP contribution in [0.4, 0.5) is 0 Å². The van der Waals surface area contributed by atoms with E-state index in [1.165, 1.54) is 11.1 Å². The number of rotatable bonds is 7. The summed E-state index contributed by atoms with van der Waals surface area (Å²) in [6.07, 6.45) is 4.98. The van der Waals surface area contributed by atoms with Gasteiger partial charge in [-0.15, -0.1) is 0 Å². The van der Waals surface area contributed by atoms with Gasteiger partial charge in [0.25, 0.3) is 0 Å². The summed E-state index contributed by atoms with van der Waals surface area (Å²) in [5.74, 6) is 0.422. The molecule has 150 valence electrons. The van der Waals surface area contributed by atoms with Crippen LogP contribution in [-0.4, -0.2) is 46.4 Å². The van der Waals surface area contributed by atoms with Gasteiger partial charge in [0.15, 0.2) is 0 Å². The standard InChI is InChI=1S/C24H27N3O2/c28-24(12-15-27-14-7-13-25-27)26-16-17-29-22(19-26)18-23(20-8-3-1-4-9-20)21-10-5-2-6-11-21/h1-11,13-14,22-23H,12,15-19H2/t22-/m1/s1. The second-order valence-corrected chi connectivity index (χ2v) is 7.46. The molecule has 0 bridgehead atoms. The molecule has 1 atom stereocenters. The zero-order valence-electron chi connectivity index (χ0n) is 16.6. The fourth-order valence-corrected chi connectivity index (χ4v) is 3.99. The Bertz CT molecular complexity index is 842. The van der Waals surface area contributed by atoms with Gasteiger partial charge in [0.05, 0.1) is 12.7 Å². The molecule has 0 unspecified atom stereocenters. The Morgan fingerprint density at radius 1 is 1.03 bits per heavy atom. The van der Waals surface area contributed by atoms with Crippen molar-refractivity contribution < 1.29 is 9.53 Å². The Labute approximate surface area is 171 Å². The quantitative estimate of drug-likeness (QED) is 0.619. The number of aryl methyl sites for hydroxylation is 1. The van der Waals surface area contributed by atoms with E-state index in [1.54, 1.807) is 10.9 Å². The average Bonchev–Trinajstić information content (AvgIpc) is 3.31. The minimum absolute atomic E-state index is 0.0304. The molecule has 2 aromatic carbocycles. The fourth-order valence-electron chi connectivity index (χ4n) is 3.99. The second-order valence-electron chi connectivity index (χ2n) is 7.46. The maximum atomic E-state index is 12.7. The molecule has 1 saturated heterocycles. The first-order chi connectivity index (χ1) is 14.3. The van der Waals surface area contributed by atoms with E-state index in [2.05, 4.69) is 53.6 Å². The molecule has 0 radical (unpaired) electrons. The van der Waals surface area contributed by atoms with Crippen LogP contribution in [0, 0.1) is 0 Å². The molecule has 5 nitrogen and oxygen atoms in total. The lowest BCUT2D eigenvalue weighted by Gasteiger charge is -2.35. The van der Waals surface area contributed by atoms with Crippen LogP contribution in [0.2, 0.25) is 0 Å². The van der Waals surface area contributed by atoms with Crippen LogP contribution in [0.1, 0.15) is 29.9 Å². The highest BCUT2D eigenvalue weighted by Crippen LogP contribution is 2.30. The van der Waals surface area contributed by atoms with Gasteiger partial charge in [-0.3, -0.25) is 9.48 Å². The lowest BCUT2D eigenvalue weighted by molar-refractivity contribution is -0.139. The maximum absolute atomic E-state index is 12.7. The van der Waals surface area contributed by atoms with Gasteiger partial charge < -0.3 is 9.64 Å². The van der Waals surface area contributed by atoms with Crippen LogP contribution < -0.4 is 0 Å². The van der Waals surface area contributed by atoms with Gasteiger partial charge in [0.2, 0.25) is 5.91 Å². The molecule has 1 aromatic heterocycles. The van der Waals surface area contributed by atoms with E-state index in [9.17, 15) is 4.79 Å². The molecule has 0 spiro atoms. The minimum atomic E-state index is 0.0304. The van der Waals surface area contributed by atoms with Crippen molar-refractivity contribution in [2.45, 2.75) is 31.4 Å². The first-order valence-electron chi connectivity index (χ1n) is 10.3. The van der Waals surface area contributed by atoms with E-state index < -0.39 is 0 Å². The maximum Gasteiger partial charge on any atom is 0.224 e. The number of carbonyl (C=O) groups is 1. The summed E-state index contributed by atoms with van der Waals surface area (Å²) in [4.78, 5) is 14.6. The van der Waals surface area contributed by atoms with E-state index in [0.717, 1.165) is 6.42 Å². The van der Waals surface area contributed by atoms with E-state index in [-0.39, 0.29) is 17.9 Å². The van der Waals surface area contributed by atoms with E-state index in [1.807, 2.05) is 29.3 Å². The minimum Gasteiger partial charge on any atom is -0.375 e. The largest absolute Gasteiger partial charge is 0.375 e. The molecule has 1 aliphatic rings. The zero-order valence-corrected chi connectivity index (χ0v) is 16.6. The highest BCUT2D eigenvalue weighted by Gasteiger charge is 2.27. The zero-order chi connectivity index (χ0) is 19.9. The smallest absolute Gasteiger partial charge is 0.224 e. The van der Waals surface area contributed by atoms with Crippen molar-refractivity contribution in [2.24, 2.45) is 0 Å². The van der Waals surface area contributed by atoms with Crippen LogP contribution in [0.5, 0.6) is 0 Å². The van der Waals surface area contributed by atoms with E-state index in [0.29, 0.717) is 32.7 Å². The molecule has 1 fully saturated rings. The molecule has 1 aliphatic heterocycles. The fraction of sp³-hybridized carbons (Fsp3) is 0.333. The molecule has 1 amide bonds. The van der Waals surface area contributed by atoms with Crippen LogP contribution in [0.25, 0.3) is 0 Å². The third kappa shape index (κ3) is 5.12. The SMILES string of the molecule is O=C(CCn1cccn1)N1CCO[C@H](CC(c2ccccc2)c2ccccc2)C1. The number of hydrogen-bond donors (Lipinski definition) is 0. The lowest BCUT2D eigenvalue weighted by Crippen LogP contribution is -2.46. The van der Waals surface area contributed by atoms with Gasteiger partial charge in [0.1, 0.15) is 0 Å². The third-order valence-electron chi connectivity index (χ3n) is 5.51. The lowest BCUT2D eigenvalue weighted by atomic mass is 9.86. The van der Waals surface area contributed by atoms with Gasteiger partial charge in [-0.25, -0.2) is 0 Å². The Morgan fingerprint density at radius 3 is 2.34 bits per heavy atom. The molecular weight excluding hydrogens is 362 g/mol. The van der Waals surface area contributed by atoms with Gasteiger partial charge in [-0.1, -0.05) is 60.7 Å². The molecule has 0 N–H and O–H groups in total. The molecule has 3 aromatic rings. The average molecular weight is 389 g/mol. The number of carbonyl (C=O) groups excluding carboxylic acids is 1. The molecular formula is C24H27N3O2. The van der Waals surface area contributed by atoms with Crippen molar-refractivity contribution in [3.8, 4) is 0 Å². The first kappa shape index (κ1) is 19.4. The van der Waals surface area contributed by atoms with E-state index in [4.69, 9.17) is 4.74 Å². The van der Waals surface area contributed by atoms with Crippen LogP contribution in [0.3, 0.4) is 0 Å². The molecule has 5 heteroatoms. The molecule has 2 heterocycles. The van der Waals surface area contributed by atoms with Gasteiger partial charge in [-0.2, -0.15) is 5.10 Å². The normalized spacial score (nSPS) is 16.9. The molecule has 4 rings (SSSR count). The number of aromatic nitrogens is 2. The summed E-state index contributed by atoms with van der Waals surface area (Å²) in [5, 5.41) is 4.18. The van der Waals surface area contributed by atoms with Crippen molar-refractivity contribution in [2.75, 3.05) is 19.7 Å². The van der Waals surface area contributed by atoms with Crippen molar-refractivity contribution in [3.63, 3.8) is 0 Å². The highest BCUT2D eigenvalue weighted by molar-refractivity contribution is 5.76. The van der Waals surface area contributed by atoms with Crippen molar-refractivity contribution in [1.29, 1.82) is 0 Å². The van der Waals surface area contributed by atoms with E-state index >= 15 is 0 Å². The van der Waals surface area contributed by atoms with Gasteiger partial charge in [0, 0.05) is 44.4 Å². The number of benzene rings is 2. The number of amides is 1. The Morgan fingerprint density at radius 2 is 1.72 bits per heavy atom. The van der Waals surface area contributed by atoms with Crippen LogP contribution >= 0.6 is 0 Å². The molecule has 0 aliphatic carbocycles. The predicted octanol–water partition coefficient (Wildman–Crippen LogP) is 3.72. The highest BCUT2D eigenvalue weighted by atomic mass is 16.5. The van der Waals surface area contributed by atoms with Gasteiger partial charge in [-0.05, 0) is 23.6 Å². The Balaban J connectivity index is 1.42. The number of nitrogens with zero attached hydrogens (tertiary/aromatic N) is 3. The Kier molecular flexibility index (Phi) is 6.37. The van der Waals surface area contributed by atoms with Crippen molar-refractivity contribution >= 4 is 5.91 Å². The summed E-state index contributed by atoms with van der Waals surface area (Å²) >= 11 is 0. The van der Waals surface area contributed by atoms with Crippen LogP contribution in [-0.2, 0) is 16.1 Å². The summed E-state index contributed by atoms with van der Waals surface area (Å²) in [6.45, 7) is 2.52. The summed E-state index contributed by atoms with van der Waals surface area (Å²) in [7, 11) is 0. The van der Waals surface area contributed by atoms with Crippen LogP contribution in [0.15, 0.2) is 79.1 Å². The number of ether oxygens (including phenoxy) is 1. The second kappa shape index (κ2) is 9.52. The monoisotopic (exact) mass is 389 g/mol. The topological polar surface area (TPSA) is 47.4 Å². The molecule has 0 saturated carbocycles. The third-order valence-corrected chi connectivity index (χ3v) is 5.51. The Hall–Kier alpha value is -2.92. The summed E-state index contributed by atoms with van der Waals surface area (Å²) in [6, 6.07) is 23.0. The number of morpholine rings is 1. The predicted molar refractivity (Wildman–Crippen MR) is 113 cm³/mol. The van der Waals surface area contributed by atoms with Crippen molar-refractivity contribution in [1.82, 2.24) is 14.7 Å². The summed E-state index contributed by atoms with van der Waals surface area (Å²) < 4.78 is 7.87. The summed E-state index contributed by atoms with van der Waals surface area (Å²) in [5.41, 5.74) is 2.56. The number of hydrogen-bond acceptors (Lipinski definition) is 3.